The summed E-state index contributed by atoms with van der Waals surface area (Å²) in [6, 6.07) is 0. The molecule has 1 saturated heterocycles. The molecule has 0 aromatic carbocycles. The maximum Gasteiger partial charge on any atom is 0.407 e. The van der Waals surface area contributed by atoms with Gasteiger partial charge in [0.2, 0.25) is 5.91 Å². The van der Waals surface area contributed by atoms with Crippen molar-refractivity contribution in [3.63, 3.8) is 0 Å². The van der Waals surface area contributed by atoms with Crippen LogP contribution in [-0.2, 0) is 4.79 Å². The first-order valence-electron chi connectivity index (χ1n) is 4.48. The monoisotopic (exact) mass is 214 g/mol. The average Bonchev–Trinajstić information content (AvgIpc) is 1.99. The number of hydrogen-bond acceptors (Lipinski definition) is 3. The van der Waals surface area contributed by atoms with E-state index in [1.165, 1.54) is 11.2 Å². The molecular weight excluding hydrogens is 200 g/mol. The molecule has 0 saturated carbocycles. The lowest BCUT2D eigenvalue weighted by Gasteiger charge is -2.35. The summed E-state index contributed by atoms with van der Waals surface area (Å²) in [6.45, 7) is 0.497. The van der Waals surface area contributed by atoms with E-state index < -0.39 is 6.09 Å². The van der Waals surface area contributed by atoms with Crippen molar-refractivity contribution < 1.29 is 14.7 Å². The number of nitrogens with one attached hydrogen (secondary N) is 1. The van der Waals surface area contributed by atoms with Crippen molar-refractivity contribution in [1.82, 2.24) is 15.2 Å². The Morgan fingerprint density at radius 3 is 2.60 bits per heavy atom. The Labute approximate surface area is 87.3 Å². The zero-order valence-electron chi connectivity index (χ0n) is 8.67. The average molecular weight is 214 g/mol. The number of carbonyl (C=O) groups is 2. The molecule has 0 bridgehead atoms. The van der Waals surface area contributed by atoms with Crippen LogP contribution in [0.5, 0.6) is 0 Å². The van der Waals surface area contributed by atoms with Gasteiger partial charge >= 0.3 is 6.09 Å². The highest BCUT2D eigenvalue weighted by Crippen LogP contribution is 2.14. The molecular formula is C8H14N4O3. The third-order valence-electron chi connectivity index (χ3n) is 1.99. The first-order chi connectivity index (χ1) is 7.00. The predicted octanol–water partition coefficient (Wildman–Crippen LogP) is -0.783. The number of carboxylic acid groups (broad SMARTS) is 1. The third-order valence-corrected chi connectivity index (χ3v) is 1.99. The van der Waals surface area contributed by atoms with E-state index in [0.29, 0.717) is 0 Å². The number of nitrogens with zero attached hydrogens (tertiary/aromatic N) is 3. The van der Waals surface area contributed by atoms with Crippen LogP contribution < -0.4 is 5.43 Å². The largest absolute Gasteiger partial charge is 0.465 e. The molecule has 7 heteroatoms. The van der Waals surface area contributed by atoms with E-state index in [-0.39, 0.29) is 24.9 Å². The normalized spacial score (nSPS) is 16.3. The number of amides is 2. The number of rotatable bonds is 3. The highest BCUT2D eigenvalue weighted by atomic mass is 16.4. The lowest BCUT2D eigenvalue weighted by Crippen LogP contribution is -2.54. The van der Waals surface area contributed by atoms with Gasteiger partial charge in [-0.2, -0.15) is 5.10 Å². The summed E-state index contributed by atoms with van der Waals surface area (Å²) in [6.07, 6.45) is 0.474. The van der Waals surface area contributed by atoms with Crippen LogP contribution in [0.3, 0.4) is 0 Å². The van der Waals surface area contributed by atoms with Crippen molar-refractivity contribution in [2.24, 2.45) is 11.0 Å². The van der Waals surface area contributed by atoms with Crippen LogP contribution in [0.25, 0.3) is 0 Å². The standard InChI is InChI=1S/C8H14N4O3/c1-11(2)5-9-10-7(13)6-3-12(4-6)8(14)15/h5-6H,3-4H2,1-2H3,(H,10,13)(H,14,15). The van der Waals surface area contributed by atoms with Crippen molar-refractivity contribution in [1.29, 1.82) is 0 Å². The van der Waals surface area contributed by atoms with Gasteiger partial charge in [0.05, 0.1) is 5.92 Å². The number of hydrazone groups is 1. The van der Waals surface area contributed by atoms with Crippen LogP contribution in [0.1, 0.15) is 0 Å². The van der Waals surface area contributed by atoms with Gasteiger partial charge in [-0.3, -0.25) is 4.79 Å². The molecule has 7 nitrogen and oxygen atoms in total. The Hall–Kier alpha value is -1.79. The first-order valence-corrected chi connectivity index (χ1v) is 4.48. The molecule has 2 amide bonds. The maximum absolute atomic E-state index is 11.3. The Morgan fingerprint density at radius 2 is 2.13 bits per heavy atom. The molecule has 0 aliphatic carbocycles. The predicted molar refractivity (Wildman–Crippen MR) is 53.4 cm³/mol. The first kappa shape index (κ1) is 11.3. The summed E-state index contributed by atoms with van der Waals surface area (Å²) in [5.41, 5.74) is 2.34. The van der Waals surface area contributed by atoms with E-state index in [9.17, 15) is 9.59 Å². The lowest BCUT2D eigenvalue weighted by molar-refractivity contribution is -0.129. The minimum absolute atomic E-state index is 0.245. The molecule has 0 radical (unpaired) electrons. The van der Waals surface area contributed by atoms with Crippen LogP contribution in [0.4, 0.5) is 4.79 Å². The van der Waals surface area contributed by atoms with Gasteiger partial charge in [0.1, 0.15) is 6.34 Å². The van der Waals surface area contributed by atoms with E-state index in [1.54, 1.807) is 19.0 Å². The van der Waals surface area contributed by atoms with Crippen molar-refractivity contribution in [2.75, 3.05) is 27.2 Å². The second-order valence-corrected chi connectivity index (χ2v) is 3.57. The molecule has 0 spiro atoms. The summed E-state index contributed by atoms with van der Waals surface area (Å²) in [7, 11) is 3.57. The topological polar surface area (TPSA) is 85.2 Å². The second-order valence-electron chi connectivity index (χ2n) is 3.57. The van der Waals surface area contributed by atoms with Gasteiger partial charge in [-0.1, -0.05) is 0 Å². The molecule has 84 valence electrons. The Balaban J connectivity index is 2.24. The minimum Gasteiger partial charge on any atom is -0.465 e. The summed E-state index contributed by atoms with van der Waals surface area (Å²) in [5, 5.41) is 12.2. The fourth-order valence-electron chi connectivity index (χ4n) is 1.10. The molecule has 1 fully saturated rings. The number of likely N-dealkylation sites (tertiary alicyclic amines) is 1. The summed E-state index contributed by atoms with van der Waals surface area (Å²) in [5.74, 6) is -0.522. The molecule has 0 unspecified atom stereocenters. The van der Waals surface area contributed by atoms with Gasteiger partial charge < -0.3 is 14.9 Å². The van der Waals surface area contributed by atoms with Crippen LogP contribution in [0.15, 0.2) is 5.10 Å². The van der Waals surface area contributed by atoms with Crippen molar-refractivity contribution in [3.8, 4) is 0 Å². The van der Waals surface area contributed by atoms with Crippen LogP contribution in [0.2, 0.25) is 0 Å². The smallest absolute Gasteiger partial charge is 0.407 e. The molecule has 0 aromatic heterocycles. The van der Waals surface area contributed by atoms with E-state index in [4.69, 9.17) is 5.11 Å². The van der Waals surface area contributed by atoms with Gasteiger partial charge in [0.15, 0.2) is 0 Å². The molecule has 1 aliphatic heterocycles. The van der Waals surface area contributed by atoms with E-state index in [2.05, 4.69) is 10.5 Å². The molecule has 15 heavy (non-hydrogen) atoms. The van der Waals surface area contributed by atoms with Gasteiger partial charge in [-0.15, -0.1) is 0 Å². The summed E-state index contributed by atoms with van der Waals surface area (Å²) >= 11 is 0. The van der Waals surface area contributed by atoms with E-state index >= 15 is 0 Å². The third kappa shape index (κ3) is 3.12. The molecule has 1 rings (SSSR count). The zero-order valence-corrected chi connectivity index (χ0v) is 8.67. The van der Waals surface area contributed by atoms with Crippen molar-refractivity contribution in [2.45, 2.75) is 0 Å². The van der Waals surface area contributed by atoms with Crippen molar-refractivity contribution >= 4 is 18.3 Å². The van der Waals surface area contributed by atoms with Gasteiger partial charge in [0, 0.05) is 27.2 Å². The highest BCUT2D eigenvalue weighted by molar-refractivity contribution is 5.82. The van der Waals surface area contributed by atoms with Gasteiger partial charge in [-0.05, 0) is 0 Å². The number of hydrogen-bond donors (Lipinski definition) is 2. The SMILES string of the molecule is CN(C)C=NNC(=O)C1CN(C(=O)O)C1. The van der Waals surface area contributed by atoms with Gasteiger partial charge in [0.25, 0.3) is 0 Å². The molecule has 1 heterocycles. The van der Waals surface area contributed by atoms with Crippen LogP contribution >= 0.6 is 0 Å². The quantitative estimate of drug-likeness (QED) is 0.366. The van der Waals surface area contributed by atoms with E-state index in [0.717, 1.165) is 0 Å². The number of carbonyl (C=O) groups excluding carboxylic acids is 1. The molecule has 0 aromatic rings. The fourth-order valence-corrected chi connectivity index (χ4v) is 1.10. The summed E-state index contributed by atoms with van der Waals surface area (Å²) < 4.78 is 0. The summed E-state index contributed by atoms with van der Waals surface area (Å²) in [4.78, 5) is 24.6. The molecule has 1 aliphatic rings. The Morgan fingerprint density at radius 1 is 1.53 bits per heavy atom. The van der Waals surface area contributed by atoms with E-state index in [1.807, 2.05) is 0 Å². The fraction of sp³-hybridized carbons (Fsp3) is 0.625. The molecule has 0 atom stereocenters. The highest BCUT2D eigenvalue weighted by Gasteiger charge is 2.35. The minimum atomic E-state index is -0.990. The lowest BCUT2D eigenvalue weighted by atomic mass is 10.0. The van der Waals surface area contributed by atoms with Crippen molar-refractivity contribution in [3.05, 3.63) is 0 Å². The zero-order chi connectivity index (χ0) is 11.4. The van der Waals surface area contributed by atoms with Crippen LogP contribution in [-0.4, -0.2) is 60.4 Å². The maximum atomic E-state index is 11.3. The van der Waals surface area contributed by atoms with Gasteiger partial charge in [-0.25, -0.2) is 10.2 Å². The Kier molecular flexibility index (Phi) is 3.48. The van der Waals surface area contributed by atoms with Crippen LogP contribution in [0, 0.1) is 5.92 Å². The Bertz CT molecular complexity index is 284. The molecule has 2 N–H and O–H groups in total. The second kappa shape index (κ2) is 4.63.